The van der Waals surface area contributed by atoms with Gasteiger partial charge in [0.2, 0.25) is 0 Å². The summed E-state index contributed by atoms with van der Waals surface area (Å²) in [6.07, 6.45) is 2.96. The van der Waals surface area contributed by atoms with Crippen molar-refractivity contribution in [3.8, 4) is 11.4 Å². The Morgan fingerprint density at radius 3 is 2.62 bits per heavy atom. The second-order valence-electron chi connectivity index (χ2n) is 8.42. The van der Waals surface area contributed by atoms with Crippen LogP contribution in [0.5, 0.6) is 0 Å². The van der Waals surface area contributed by atoms with Gasteiger partial charge in [-0.05, 0) is 42.2 Å². The van der Waals surface area contributed by atoms with Crippen molar-refractivity contribution in [2.24, 2.45) is 11.3 Å². The summed E-state index contributed by atoms with van der Waals surface area (Å²) in [7, 11) is 0. The number of nitrogens with zero attached hydrogens (tertiary/aromatic N) is 2. The highest BCUT2D eigenvalue weighted by Gasteiger charge is 2.35. The van der Waals surface area contributed by atoms with Crippen LogP contribution in [-0.2, 0) is 12.8 Å². The van der Waals surface area contributed by atoms with Crippen molar-refractivity contribution in [2.45, 2.75) is 40.0 Å². The fraction of sp³-hybridized carbons (Fsp3) is 0.381. The number of rotatable bonds is 0. The highest BCUT2D eigenvalue weighted by molar-refractivity contribution is 7.19. The van der Waals surface area contributed by atoms with E-state index in [1.165, 1.54) is 4.88 Å². The Hall–Kier alpha value is -2.27. The van der Waals surface area contributed by atoms with Gasteiger partial charge in [0.25, 0.3) is 11.5 Å². The van der Waals surface area contributed by atoms with E-state index in [1.54, 1.807) is 15.9 Å². The molecule has 0 fully saturated rings. The van der Waals surface area contributed by atoms with E-state index in [4.69, 9.17) is 0 Å². The number of aromatic nitrogens is 2. The number of benzene rings is 1. The maximum Gasteiger partial charge on any atom is 0.282 e. The highest BCUT2D eigenvalue weighted by Crippen LogP contribution is 2.44. The number of thiophene rings is 1. The van der Waals surface area contributed by atoms with Crippen LogP contribution in [0.3, 0.4) is 0 Å². The van der Waals surface area contributed by atoms with Gasteiger partial charge in [-0.25, -0.2) is 4.57 Å². The largest absolute Gasteiger partial charge is 0.282 e. The van der Waals surface area contributed by atoms with Gasteiger partial charge in [0.15, 0.2) is 5.82 Å². The second-order valence-corrected chi connectivity index (χ2v) is 9.50. The van der Waals surface area contributed by atoms with E-state index in [0.29, 0.717) is 22.7 Å². The summed E-state index contributed by atoms with van der Waals surface area (Å²) < 4.78 is 1.66. The third kappa shape index (κ3) is 2.04. The Bertz CT molecular complexity index is 1150. The molecule has 0 N–H and O–H groups in total. The Balaban J connectivity index is 1.77. The Morgan fingerprint density at radius 2 is 1.88 bits per heavy atom. The molecule has 3 aromatic rings. The summed E-state index contributed by atoms with van der Waals surface area (Å²) in [4.78, 5) is 32.2. The van der Waals surface area contributed by atoms with Gasteiger partial charge in [-0.3, -0.25) is 9.59 Å². The third-order valence-electron chi connectivity index (χ3n) is 5.91. The van der Waals surface area contributed by atoms with Gasteiger partial charge in [-0.2, -0.15) is 4.98 Å². The molecule has 0 bridgehead atoms. The highest BCUT2D eigenvalue weighted by atomic mass is 32.1. The SMILES string of the molecule is CC(C)(C)[C@H]1CCc2c(sc3c2c(=O)nc2n3C(=O)c3ccccc3-2)C1. The van der Waals surface area contributed by atoms with Crippen molar-refractivity contribution in [3.63, 3.8) is 0 Å². The Kier molecular flexibility index (Phi) is 3.15. The minimum absolute atomic E-state index is 0.0703. The standard InChI is InChI=1S/C21H20N2O2S/c1-21(2,3)11-8-9-14-15(10-11)26-20-16(14)18(24)22-17-12-6-4-5-7-13(12)19(25)23(17)20/h4-7,11H,8-10H2,1-3H3/t11-/m0/s1. The molecule has 2 aromatic heterocycles. The number of carbonyl (C=O) groups is 1. The Morgan fingerprint density at radius 1 is 1.15 bits per heavy atom. The molecular formula is C21H20N2O2S. The summed E-state index contributed by atoms with van der Waals surface area (Å²) in [5.74, 6) is 1.02. The maximum atomic E-state index is 13.0. The molecule has 0 saturated carbocycles. The normalized spacial score (nSPS) is 18.7. The van der Waals surface area contributed by atoms with Crippen LogP contribution in [-0.4, -0.2) is 15.5 Å². The van der Waals surface area contributed by atoms with Gasteiger partial charge >= 0.3 is 0 Å². The molecule has 0 amide bonds. The minimum atomic E-state index is -0.192. The summed E-state index contributed by atoms with van der Waals surface area (Å²) >= 11 is 1.62. The van der Waals surface area contributed by atoms with E-state index in [2.05, 4.69) is 25.8 Å². The zero-order valence-corrected chi connectivity index (χ0v) is 15.9. The molecule has 5 rings (SSSR count). The fourth-order valence-corrected chi connectivity index (χ4v) is 5.76. The van der Waals surface area contributed by atoms with Gasteiger partial charge in [-0.1, -0.05) is 39.0 Å². The monoisotopic (exact) mass is 364 g/mol. The van der Waals surface area contributed by atoms with Crippen molar-refractivity contribution in [3.05, 3.63) is 50.6 Å². The molecule has 1 aliphatic heterocycles. The van der Waals surface area contributed by atoms with Crippen molar-refractivity contribution < 1.29 is 4.79 Å². The summed E-state index contributed by atoms with van der Waals surface area (Å²) in [6, 6.07) is 7.41. The average molecular weight is 364 g/mol. The smallest absolute Gasteiger partial charge is 0.268 e. The van der Waals surface area contributed by atoms with E-state index in [9.17, 15) is 9.59 Å². The molecule has 3 heterocycles. The zero-order chi connectivity index (χ0) is 18.2. The fourth-order valence-electron chi connectivity index (χ4n) is 4.34. The summed E-state index contributed by atoms with van der Waals surface area (Å²) in [5, 5.41) is 0.669. The first-order valence-corrected chi connectivity index (χ1v) is 9.89. The number of hydrogen-bond acceptors (Lipinski definition) is 4. The first-order valence-electron chi connectivity index (χ1n) is 9.07. The van der Waals surface area contributed by atoms with Crippen LogP contribution >= 0.6 is 11.3 Å². The average Bonchev–Trinajstić information content (AvgIpc) is 3.11. The lowest BCUT2D eigenvalue weighted by molar-refractivity contribution is 0.0973. The van der Waals surface area contributed by atoms with Gasteiger partial charge in [0.1, 0.15) is 4.83 Å². The molecule has 4 nitrogen and oxygen atoms in total. The van der Waals surface area contributed by atoms with Crippen LogP contribution in [0.2, 0.25) is 0 Å². The van der Waals surface area contributed by atoms with Crippen molar-refractivity contribution >= 4 is 27.5 Å². The van der Waals surface area contributed by atoms with Gasteiger partial charge < -0.3 is 0 Å². The lowest BCUT2D eigenvalue weighted by Crippen LogP contribution is -2.26. The number of carbonyl (C=O) groups excluding carboxylic acids is 1. The molecule has 2 aliphatic rings. The van der Waals surface area contributed by atoms with Crippen LogP contribution < -0.4 is 5.56 Å². The molecule has 26 heavy (non-hydrogen) atoms. The second kappa shape index (κ2) is 5.13. The number of fused-ring (bicyclic) bond motifs is 7. The topological polar surface area (TPSA) is 52.0 Å². The minimum Gasteiger partial charge on any atom is -0.268 e. The molecule has 0 unspecified atom stereocenters. The van der Waals surface area contributed by atoms with E-state index in [-0.39, 0.29) is 16.9 Å². The molecule has 1 atom stereocenters. The van der Waals surface area contributed by atoms with Crippen LogP contribution in [0.4, 0.5) is 0 Å². The predicted molar refractivity (Wildman–Crippen MR) is 104 cm³/mol. The van der Waals surface area contributed by atoms with Crippen molar-refractivity contribution in [1.82, 2.24) is 9.55 Å². The van der Waals surface area contributed by atoms with Crippen LogP contribution in [0.25, 0.3) is 21.6 Å². The molecule has 0 spiro atoms. The lowest BCUT2D eigenvalue weighted by Gasteiger charge is -2.33. The molecular weight excluding hydrogens is 344 g/mol. The van der Waals surface area contributed by atoms with Gasteiger partial charge in [0.05, 0.1) is 10.9 Å². The van der Waals surface area contributed by atoms with Crippen molar-refractivity contribution in [2.75, 3.05) is 0 Å². The van der Waals surface area contributed by atoms with E-state index < -0.39 is 0 Å². The molecule has 1 aromatic carbocycles. The third-order valence-corrected chi connectivity index (χ3v) is 7.15. The van der Waals surface area contributed by atoms with E-state index in [0.717, 1.165) is 35.2 Å². The van der Waals surface area contributed by atoms with Gasteiger partial charge in [0, 0.05) is 10.4 Å². The first-order chi connectivity index (χ1) is 12.4. The Labute approximate surface area is 155 Å². The lowest BCUT2D eigenvalue weighted by atomic mass is 9.72. The summed E-state index contributed by atoms with van der Waals surface area (Å²) in [6.45, 7) is 6.84. The van der Waals surface area contributed by atoms with Crippen LogP contribution in [0, 0.1) is 11.3 Å². The first kappa shape index (κ1) is 15.9. The molecule has 1 aliphatic carbocycles. The van der Waals surface area contributed by atoms with Crippen molar-refractivity contribution in [1.29, 1.82) is 0 Å². The quantitative estimate of drug-likeness (QED) is 0.468. The molecule has 0 radical (unpaired) electrons. The van der Waals surface area contributed by atoms with Gasteiger partial charge in [-0.15, -0.1) is 11.3 Å². The summed E-state index contributed by atoms with van der Waals surface area (Å²) in [5.41, 5.74) is 2.57. The molecule has 132 valence electrons. The molecule has 5 heteroatoms. The maximum absolute atomic E-state index is 13.0. The number of hydrogen-bond donors (Lipinski definition) is 0. The van der Waals surface area contributed by atoms with E-state index >= 15 is 0 Å². The van der Waals surface area contributed by atoms with Crippen LogP contribution in [0.1, 0.15) is 48.0 Å². The molecule has 0 saturated heterocycles. The number of aryl methyl sites for hydroxylation is 1. The van der Waals surface area contributed by atoms with E-state index in [1.807, 2.05) is 24.3 Å². The zero-order valence-electron chi connectivity index (χ0n) is 15.1. The predicted octanol–water partition coefficient (Wildman–Crippen LogP) is 4.28. The van der Waals surface area contributed by atoms with Crippen LogP contribution in [0.15, 0.2) is 29.1 Å².